The van der Waals surface area contributed by atoms with Crippen LogP contribution in [-0.4, -0.2) is 78.0 Å². The van der Waals surface area contributed by atoms with E-state index in [2.05, 4.69) is 4.90 Å². The predicted octanol–water partition coefficient (Wildman–Crippen LogP) is 4.78. The summed E-state index contributed by atoms with van der Waals surface area (Å²) in [5, 5.41) is 0. The number of nitrogens with two attached hydrogens (primary N) is 1. The molecular formula is C30H40F3N3O3. The highest BCUT2D eigenvalue weighted by Crippen LogP contribution is 2.40. The van der Waals surface area contributed by atoms with Gasteiger partial charge in [0.05, 0.1) is 13.2 Å². The summed E-state index contributed by atoms with van der Waals surface area (Å²) in [7, 11) is 0. The number of primary amides is 1. The Morgan fingerprint density at radius 2 is 1.82 bits per heavy atom. The van der Waals surface area contributed by atoms with Crippen LogP contribution < -0.4 is 10.5 Å². The number of ether oxygens (including phenoxy) is 1. The fourth-order valence-electron chi connectivity index (χ4n) is 5.80. The van der Waals surface area contributed by atoms with Crippen molar-refractivity contribution in [3.63, 3.8) is 0 Å². The van der Waals surface area contributed by atoms with Gasteiger partial charge in [0.25, 0.3) is 5.91 Å². The van der Waals surface area contributed by atoms with Crippen LogP contribution in [0.1, 0.15) is 57.9 Å². The van der Waals surface area contributed by atoms with Crippen molar-refractivity contribution in [2.24, 2.45) is 11.7 Å². The number of halogens is 3. The third-order valence-electron chi connectivity index (χ3n) is 8.54. The second-order valence-electron chi connectivity index (χ2n) is 11.1. The molecule has 2 fully saturated rings. The van der Waals surface area contributed by atoms with Crippen LogP contribution in [0, 0.1) is 5.92 Å². The predicted molar refractivity (Wildman–Crippen MR) is 145 cm³/mol. The van der Waals surface area contributed by atoms with Crippen molar-refractivity contribution in [3.05, 3.63) is 48.1 Å². The van der Waals surface area contributed by atoms with Crippen molar-refractivity contribution >= 4 is 17.4 Å². The molecule has 2 heterocycles. The Bertz CT molecular complexity index is 1080. The van der Waals surface area contributed by atoms with E-state index in [4.69, 9.17) is 10.5 Å². The molecule has 0 radical (unpaired) electrons. The summed E-state index contributed by atoms with van der Waals surface area (Å²) >= 11 is 0. The van der Waals surface area contributed by atoms with Crippen molar-refractivity contribution in [1.29, 1.82) is 0 Å². The molecule has 4 rings (SSSR count). The molecule has 6 nitrogen and oxygen atoms in total. The van der Waals surface area contributed by atoms with Crippen LogP contribution in [0.5, 0.6) is 5.75 Å². The molecule has 39 heavy (non-hydrogen) atoms. The van der Waals surface area contributed by atoms with Gasteiger partial charge in [-0.15, -0.1) is 0 Å². The van der Waals surface area contributed by atoms with Crippen LogP contribution in [0.25, 0.3) is 5.57 Å². The maximum atomic E-state index is 16.4. The first-order chi connectivity index (χ1) is 18.6. The summed E-state index contributed by atoms with van der Waals surface area (Å²) < 4.78 is 51.2. The average Bonchev–Trinajstić information content (AvgIpc) is 3.34. The quantitative estimate of drug-likeness (QED) is 0.458. The highest BCUT2D eigenvalue weighted by molar-refractivity contribution is 6.02. The van der Waals surface area contributed by atoms with E-state index in [-0.39, 0.29) is 25.0 Å². The van der Waals surface area contributed by atoms with Crippen molar-refractivity contribution in [2.75, 3.05) is 32.8 Å². The van der Waals surface area contributed by atoms with Crippen LogP contribution >= 0.6 is 0 Å². The molecule has 0 bridgehead atoms. The Kier molecular flexibility index (Phi) is 9.09. The van der Waals surface area contributed by atoms with Crippen LogP contribution in [0.15, 0.2) is 42.5 Å². The summed E-state index contributed by atoms with van der Waals surface area (Å²) in [5.41, 5.74) is 2.47. The number of amides is 2. The van der Waals surface area contributed by atoms with Crippen LogP contribution in [0.3, 0.4) is 0 Å². The Labute approximate surface area is 229 Å². The van der Waals surface area contributed by atoms with Crippen LogP contribution in [0.4, 0.5) is 13.2 Å². The van der Waals surface area contributed by atoms with Crippen molar-refractivity contribution < 1.29 is 27.5 Å². The van der Waals surface area contributed by atoms with Gasteiger partial charge in [0, 0.05) is 25.0 Å². The van der Waals surface area contributed by atoms with E-state index in [1.54, 1.807) is 36.4 Å². The lowest BCUT2D eigenvalue weighted by molar-refractivity contribution is -0.144. The largest absolute Gasteiger partial charge is 0.493 e. The van der Waals surface area contributed by atoms with Crippen molar-refractivity contribution in [2.45, 2.75) is 75.9 Å². The number of carbonyl (C=O) groups is 2. The van der Waals surface area contributed by atoms with Gasteiger partial charge in [0.2, 0.25) is 11.6 Å². The van der Waals surface area contributed by atoms with Crippen molar-refractivity contribution in [3.8, 4) is 5.75 Å². The third-order valence-corrected chi connectivity index (χ3v) is 8.54. The number of hydrogen-bond donors (Lipinski definition) is 1. The summed E-state index contributed by atoms with van der Waals surface area (Å²) in [6.07, 6.45) is 5.84. The molecule has 0 saturated carbocycles. The van der Waals surface area contributed by atoms with E-state index in [1.807, 2.05) is 13.8 Å². The van der Waals surface area contributed by atoms with Gasteiger partial charge in [0.15, 0.2) is 0 Å². The monoisotopic (exact) mass is 547 g/mol. The zero-order chi connectivity index (χ0) is 28.2. The van der Waals surface area contributed by atoms with Gasteiger partial charge < -0.3 is 20.3 Å². The first kappa shape index (κ1) is 29.2. The molecule has 214 valence electrons. The standard InChI is InChI=1S/C30H40F3N3O3/c1-3-29(32,4-2)20-35-15-12-21(13-16-35)19-39-24-10-8-22(9-11-24)25-7-5-6-14-30(25,33)28(38)36-18-23(31)17-26(36)27(34)37/h5-11,21,23,26H,3-4,12-20H2,1-2H3,(H2,34,37)/t23-,26-,30?/m0/s1. The normalized spacial score (nSPS) is 26.5. The van der Waals surface area contributed by atoms with E-state index in [9.17, 15) is 18.4 Å². The van der Waals surface area contributed by atoms with Gasteiger partial charge in [-0.3, -0.25) is 9.59 Å². The molecule has 1 unspecified atom stereocenters. The maximum Gasteiger partial charge on any atom is 0.266 e. The van der Waals surface area contributed by atoms with Gasteiger partial charge in [-0.2, -0.15) is 0 Å². The zero-order valence-corrected chi connectivity index (χ0v) is 22.9. The average molecular weight is 548 g/mol. The number of hydrogen-bond acceptors (Lipinski definition) is 4. The van der Waals surface area contributed by atoms with Crippen molar-refractivity contribution in [1.82, 2.24) is 9.80 Å². The number of allylic oxidation sites excluding steroid dienone is 3. The van der Waals surface area contributed by atoms with Gasteiger partial charge in [0.1, 0.15) is 23.6 Å². The first-order valence-electron chi connectivity index (χ1n) is 14.0. The van der Waals surface area contributed by atoms with E-state index < -0.39 is 35.4 Å². The zero-order valence-electron chi connectivity index (χ0n) is 22.9. The number of carbonyl (C=O) groups excluding carboxylic acids is 2. The van der Waals surface area contributed by atoms with E-state index in [0.29, 0.717) is 43.2 Å². The molecule has 0 aromatic heterocycles. The highest BCUT2D eigenvalue weighted by Gasteiger charge is 2.50. The molecule has 2 N–H and O–H groups in total. The molecular weight excluding hydrogens is 507 g/mol. The molecule has 3 atom stereocenters. The summed E-state index contributed by atoms with van der Waals surface area (Å²) in [6.45, 7) is 6.17. The smallest absolute Gasteiger partial charge is 0.266 e. The molecule has 2 aliphatic heterocycles. The molecule has 0 spiro atoms. The molecule has 9 heteroatoms. The van der Waals surface area contributed by atoms with Gasteiger partial charge >= 0.3 is 0 Å². The SMILES string of the molecule is CCC(F)(CC)CN1CCC(COc2ccc(C3=CC=CCC3(F)C(=O)N3C[C@@H](F)C[C@H]3C(N)=O)cc2)CC1. The van der Waals surface area contributed by atoms with Crippen LogP contribution in [0.2, 0.25) is 0 Å². The number of benzene rings is 1. The van der Waals surface area contributed by atoms with Gasteiger partial charge in [-0.05, 0) is 62.4 Å². The Hall–Kier alpha value is -2.81. The third kappa shape index (κ3) is 6.51. The Morgan fingerprint density at radius 1 is 1.15 bits per heavy atom. The molecule has 1 aromatic carbocycles. The van der Waals surface area contributed by atoms with E-state index >= 15 is 4.39 Å². The molecule has 3 aliphatic rings. The van der Waals surface area contributed by atoms with E-state index in [1.165, 1.54) is 6.08 Å². The number of likely N-dealkylation sites (tertiary alicyclic amines) is 2. The summed E-state index contributed by atoms with van der Waals surface area (Å²) in [6, 6.07) is 5.73. The molecule has 2 saturated heterocycles. The minimum atomic E-state index is -2.43. The topological polar surface area (TPSA) is 75.9 Å². The van der Waals surface area contributed by atoms with E-state index in [0.717, 1.165) is 30.8 Å². The summed E-state index contributed by atoms with van der Waals surface area (Å²) in [4.78, 5) is 28.2. The molecule has 1 aromatic rings. The lowest BCUT2D eigenvalue weighted by Crippen LogP contribution is -2.52. The van der Waals surface area contributed by atoms with Gasteiger partial charge in [-0.1, -0.05) is 44.2 Å². The number of alkyl halides is 3. The minimum absolute atomic E-state index is 0.155. The molecule has 2 amide bonds. The lowest BCUT2D eigenvalue weighted by Gasteiger charge is -2.36. The summed E-state index contributed by atoms with van der Waals surface area (Å²) in [5.74, 6) is -0.777. The first-order valence-corrected chi connectivity index (χ1v) is 14.0. The number of piperidine rings is 1. The Morgan fingerprint density at radius 3 is 2.44 bits per heavy atom. The second-order valence-corrected chi connectivity index (χ2v) is 11.1. The lowest BCUT2D eigenvalue weighted by atomic mass is 9.82. The van der Waals surface area contributed by atoms with Crippen LogP contribution in [-0.2, 0) is 9.59 Å². The number of nitrogens with zero attached hydrogens (tertiary/aromatic N) is 2. The Balaban J connectivity index is 1.36. The fourth-order valence-corrected chi connectivity index (χ4v) is 5.80. The fraction of sp³-hybridized carbons (Fsp3) is 0.600. The minimum Gasteiger partial charge on any atom is -0.493 e. The molecule has 1 aliphatic carbocycles. The van der Waals surface area contributed by atoms with Gasteiger partial charge in [-0.25, -0.2) is 13.2 Å². The highest BCUT2D eigenvalue weighted by atomic mass is 19.1. The maximum absolute atomic E-state index is 16.4. The second kappa shape index (κ2) is 12.1. The number of rotatable bonds is 10.